The molecule has 1 aromatic carbocycles. The smallest absolute Gasteiger partial charge is 0.254 e. The molecule has 0 unspecified atom stereocenters. The van der Waals surface area contributed by atoms with Crippen LogP contribution >= 0.6 is 0 Å². The molecule has 0 N–H and O–H groups in total. The topological polar surface area (TPSA) is 85.2 Å². The Hall–Kier alpha value is -2.74. The Morgan fingerprint density at radius 3 is 2.36 bits per heavy atom. The Labute approximate surface area is 145 Å². The number of benzene rings is 1. The lowest BCUT2D eigenvalue weighted by atomic mass is 10.1. The molecular formula is C17H18N4O3S. The highest BCUT2D eigenvalue weighted by molar-refractivity contribution is 7.90. The van der Waals surface area contributed by atoms with E-state index in [-0.39, 0.29) is 10.8 Å². The van der Waals surface area contributed by atoms with Gasteiger partial charge in [-0.15, -0.1) is 0 Å². The molecule has 2 heterocycles. The fourth-order valence-electron chi connectivity index (χ4n) is 2.55. The molecule has 0 radical (unpaired) electrons. The van der Waals surface area contributed by atoms with Crippen LogP contribution in [0.25, 0.3) is 22.3 Å². The van der Waals surface area contributed by atoms with E-state index < -0.39 is 9.84 Å². The van der Waals surface area contributed by atoms with Crippen LogP contribution in [-0.4, -0.2) is 54.3 Å². The molecule has 0 atom stereocenters. The first-order valence-corrected chi connectivity index (χ1v) is 9.42. The highest BCUT2D eigenvalue weighted by Crippen LogP contribution is 2.26. The second-order valence-corrected chi connectivity index (χ2v) is 8.07. The van der Waals surface area contributed by atoms with Crippen molar-refractivity contribution in [1.29, 1.82) is 0 Å². The maximum absolute atomic E-state index is 12.5. The van der Waals surface area contributed by atoms with Crippen molar-refractivity contribution in [2.24, 2.45) is 7.05 Å². The summed E-state index contributed by atoms with van der Waals surface area (Å²) in [5, 5.41) is 4.86. The van der Waals surface area contributed by atoms with Crippen molar-refractivity contribution in [1.82, 2.24) is 19.7 Å². The van der Waals surface area contributed by atoms with Crippen LogP contribution in [0.15, 0.2) is 41.4 Å². The fourth-order valence-corrected chi connectivity index (χ4v) is 3.18. The fraction of sp³-hybridized carbons (Fsp3) is 0.235. The van der Waals surface area contributed by atoms with E-state index in [0.717, 1.165) is 11.8 Å². The third-order valence-corrected chi connectivity index (χ3v) is 5.05. The molecule has 8 heteroatoms. The van der Waals surface area contributed by atoms with E-state index in [9.17, 15) is 13.2 Å². The molecule has 130 valence electrons. The third-order valence-electron chi connectivity index (χ3n) is 3.92. The normalized spacial score (nSPS) is 11.7. The van der Waals surface area contributed by atoms with Gasteiger partial charge in [0.25, 0.3) is 5.91 Å². The number of carbonyl (C=O) groups is 1. The van der Waals surface area contributed by atoms with E-state index in [0.29, 0.717) is 22.3 Å². The second kappa shape index (κ2) is 5.96. The van der Waals surface area contributed by atoms with E-state index >= 15 is 0 Å². The van der Waals surface area contributed by atoms with Gasteiger partial charge in [0.15, 0.2) is 15.5 Å². The predicted molar refractivity (Wildman–Crippen MR) is 95.1 cm³/mol. The summed E-state index contributed by atoms with van der Waals surface area (Å²) in [5.41, 5.74) is 2.41. The van der Waals surface area contributed by atoms with E-state index in [1.807, 2.05) is 0 Å². The predicted octanol–water partition coefficient (Wildman–Crippen LogP) is 1.74. The molecule has 0 saturated carbocycles. The lowest BCUT2D eigenvalue weighted by molar-refractivity contribution is 0.0829. The summed E-state index contributed by atoms with van der Waals surface area (Å²) in [6.45, 7) is 0. The number of fused-ring (bicyclic) bond motifs is 1. The van der Waals surface area contributed by atoms with E-state index in [1.165, 1.54) is 17.0 Å². The number of nitrogens with zero attached hydrogens (tertiary/aromatic N) is 4. The summed E-state index contributed by atoms with van der Waals surface area (Å²) < 4.78 is 24.8. The molecule has 1 amide bonds. The summed E-state index contributed by atoms with van der Waals surface area (Å²) in [7, 11) is 1.87. The minimum atomic E-state index is -3.26. The van der Waals surface area contributed by atoms with Crippen molar-refractivity contribution < 1.29 is 13.2 Å². The van der Waals surface area contributed by atoms with Crippen LogP contribution in [0.2, 0.25) is 0 Å². The molecule has 0 aliphatic heterocycles. The number of amides is 1. The molecule has 25 heavy (non-hydrogen) atoms. The number of aryl methyl sites for hydroxylation is 1. The summed E-state index contributed by atoms with van der Waals surface area (Å²) in [5.74, 6) is -0.144. The van der Waals surface area contributed by atoms with Gasteiger partial charge >= 0.3 is 0 Å². The average Bonchev–Trinajstić information content (AvgIpc) is 2.94. The van der Waals surface area contributed by atoms with Crippen LogP contribution in [-0.2, 0) is 16.9 Å². The van der Waals surface area contributed by atoms with Crippen LogP contribution in [0, 0.1) is 0 Å². The maximum Gasteiger partial charge on any atom is 0.254 e. The van der Waals surface area contributed by atoms with Gasteiger partial charge in [-0.05, 0) is 18.2 Å². The Morgan fingerprint density at radius 2 is 1.80 bits per heavy atom. The van der Waals surface area contributed by atoms with Gasteiger partial charge in [-0.25, -0.2) is 13.4 Å². The Kier molecular flexibility index (Phi) is 4.08. The standard InChI is InChI=1S/C17H18N4O3S/c1-20(2)17(22)13-9-15(19-16-14(13)10-18-21(16)3)11-5-7-12(8-6-11)25(4,23)24/h5-10H,1-4H3. The summed E-state index contributed by atoms with van der Waals surface area (Å²) in [4.78, 5) is 18.8. The van der Waals surface area contributed by atoms with E-state index in [2.05, 4.69) is 10.1 Å². The number of hydrogen-bond donors (Lipinski definition) is 0. The first-order chi connectivity index (χ1) is 11.7. The second-order valence-electron chi connectivity index (χ2n) is 6.06. The van der Waals surface area contributed by atoms with E-state index in [1.54, 1.807) is 50.2 Å². The number of sulfone groups is 1. The maximum atomic E-state index is 12.5. The number of carbonyl (C=O) groups excluding carboxylic acids is 1. The molecule has 3 rings (SSSR count). The number of pyridine rings is 1. The molecule has 0 saturated heterocycles. The molecule has 0 aliphatic rings. The molecule has 3 aromatic rings. The summed E-state index contributed by atoms with van der Waals surface area (Å²) in [6.07, 6.45) is 2.78. The van der Waals surface area contributed by atoms with Gasteiger partial charge < -0.3 is 4.90 Å². The van der Waals surface area contributed by atoms with Gasteiger partial charge in [0, 0.05) is 33.0 Å². The van der Waals surface area contributed by atoms with Gasteiger partial charge in [-0.3, -0.25) is 9.48 Å². The largest absolute Gasteiger partial charge is 0.345 e. The lowest BCUT2D eigenvalue weighted by Gasteiger charge is -2.12. The molecule has 0 fully saturated rings. The van der Waals surface area contributed by atoms with Gasteiger partial charge in [0.1, 0.15) is 0 Å². The summed E-state index contributed by atoms with van der Waals surface area (Å²) in [6, 6.07) is 8.15. The SMILES string of the molecule is CN(C)C(=O)c1cc(-c2ccc(S(C)(=O)=O)cc2)nc2c1cnn2C. The van der Waals surface area contributed by atoms with Crippen LogP contribution in [0.5, 0.6) is 0 Å². The van der Waals surface area contributed by atoms with Crippen molar-refractivity contribution in [3.8, 4) is 11.3 Å². The Balaban J connectivity index is 2.20. The lowest BCUT2D eigenvalue weighted by Crippen LogP contribution is -2.22. The van der Waals surface area contributed by atoms with Crippen molar-refractivity contribution in [3.05, 3.63) is 42.1 Å². The molecule has 0 spiro atoms. The van der Waals surface area contributed by atoms with Gasteiger partial charge in [-0.1, -0.05) is 12.1 Å². The summed E-state index contributed by atoms with van der Waals surface area (Å²) >= 11 is 0. The number of hydrogen-bond acceptors (Lipinski definition) is 5. The van der Waals surface area contributed by atoms with Crippen molar-refractivity contribution in [2.75, 3.05) is 20.4 Å². The number of rotatable bonds is 3. The molecular weight excluding hydrogens is 340 g/mol. The van der Waals surface area contributed by atoms with Crippen molar-refractivity contribution >= 4 is 26.8 Å². The zero-order valence-corrected chi connectivity index (χ0v) is 15.2. The van der Waals surface area contributed by atoms with Crippen molar-refractivity contribution in [3.63, 3.8) is 0 Å². The zero-order chi connectivity index (χ0) is 18.4. The monoisotopic (exact) mass is 358 g/mol. The first kappa shape index (κ1) is 17.1. The highest BCUT2D eigenvalue weighted by atomic mass is 32.2. The molecule has 2 aromatic heterocycles. The van der Waals surface area contributed by atoms with Crippen LogP contribution in [0.1, 0.15) is 10.4 Å². The quantitative estimate of drug-likeness (QED) is 0.712. The molecule has 7 nitrogen and oxygen atoms in total. The third kappa shape index (κ3) is 3.12. The van der Waals surface area contributed by atoms with Crippen LogP contribution < -0.4 is 0 Å². The van der Waals surface area contributed by atoms with Gasteiger partial charge in [-0.2, -0.15) is 5.10 Å². The van der Waals surface area contributed by atoms with Crippen LogP contribution in [0.4, 0.5) is 0 Å². The minimum Gasteiger partial charge on any atom is -0.345 e. The van der Waals surface area contributed by atoms with E-state index in [4.69, 9.17) is 0 Å². The first-order valence-electron chi connectivity index (χ1n) is 7.53. The Morgan fingerprint density at radius 1 is 1.16 bits per heavy atom. The van der Waals surface area contributed by atoms with Gasteiger partial charge in [0.05, 0.1) is 27.7 Å². The molecule has 0 bridgehead atoms. The Bertz CT molecular complexity index is 1070. The van der Waals surface area contributed by atoms with Gasteiger partial charge in [0.2, 0.25) is 0 Å². The minimum absolute atomic E-state index is 0.144. The molecule has 0 aliphatic carbocycles. The van der Waals surface area contributed by atoms with Crippen LogP contribution in [0.3, 0.4) is 0 Å². The number of aromatic nitrogens is 3. The van der Waals surface area contributed by atoms with Crippen molar-refractivity contribution in [2.45, 2.75) is 4.90 Å². The highest BCUT2D eigenvalue weighted by Gasteiger charge is 2.18. The zero-order valence-electron chi connectivity index (χ0n) is 14.4. The average molecular weight is 358 g/mol.